The first-order valence-electron chi connectivity index (χ1n) is 7.36. The summed E-state index contributed by atoms with van der Waals surface area (Å²) in [6.07, 6.45) is 0. The molecule has 0 radical (unpaired) electrons. The molecular formula is C17H18FN2O3S-. The Kier molecular flexibility index (Phi) is 6.45. The molecule has 7 heteroatoms. The second-order valence-electron chi connectivity index (χ2n) is 5.25. The third-order valence-corrected chi connectivity index (χ3v) is 4.28. The molecule has 2 atom stereocenters. The van der Waals surface area contributed by atoms with Gasteiger partial charge in [-0.25, -0.2) is 4.39 Å². The van der Waals surface area contributed by atoms with Gasteiger partial charge < -0.3 is 9.87 Å². The third-order valence-electron chi connectivity index (χ3n) is 3.49. The van der Waals surface area contributed by atoms with Crippen LogP contribution in [-0.2, 0) is 22.6 Å². The summed E-state index contributed by atoms with van der Waals surface area (Å²) in [4.78, 5) is 12.3. The molecule has 0 aliphatic heterocycles. The van der Waals surface area contributed by atoms with Gasteiger partial charge >= 0.3 is 0 Å². The molecule has 1 N–H and O–H groups in total. The van der Waals surface area contributed by atoms with Crippen molar-refractivity contribution in [1.29, 1.82) is 0 Å². The van der Waals surface area contributed by atoms with Crippen LogP contribution in [0.4, 0.5) is 10.1 Å². The Balaban J connectivity index is 2.15. The molecule has 2 rings (SSSR count). The highest BCUT2D eigenvalue weighted by Gasteiger charge is 2.27. The van der Waals surface area contributed by atoms with E-state index in [0.29, 0.717) is 0 Å². The molecule has 2 unspecified atom stereocenters. The van der Waals surface area contributed by atoms with Crippen molar-refractivity contribution in [3.05, 3.63) is 65.7 Å². The minimum Gasteiger partial charge on any atom is -0.755 e. The fraction of sp³-hybridized carbons (Fsp3) is 0.235. The van der Waals surface area contributed by atoms with Gasteiger partial charge in [-0.3, -0.25) is 13.3 Å². The zero-order chi connectivity index (χ0) is 17.5. The van der Waals surface area contributed by atoms with Gasteiger partial charge in [-0.15, -0.1) is 0 Å². The Morgan fingerprint density at radius 2 is 1.83 bits per heavy atom. The summed E-state index contributed by atoms with van der Waals surface area (Å²) >= 11 is -2.78. The maximum Gasteiger partial charge on any atom is 0.246 e. The number of carbonyl (C=O) groups is 1. The molecule has 0 fully saturated rings. The molecule has 0 aliphatic rings. The van der Waals surface area contributed by atoms with E-state index in [2.05, 4.69) is 5.32 Å². The van der Waals surface area contributed by atoms with Crippen molar-refractivity contribution in [2.45, 2.75) is 19.5 Å². The average molecular weight is 349 g/mol. The van der Waals surface area contributed by atoms with E-state index in [9.17, 15) is 17.9 Å². The molecule has 0 aromatic heterocycles. The third kappa shape index (κ3) is 4.62. The van der Waals surface area contributed by atoms with Crippen LogP contribution in [0.25, 0.3) is 0 Å². The molecule has 0 bridgehead atoms. The first-order valence-corrected chi connectivity index (χ1v) is 8.39. The lowest BCUT2D eigenvalue weighted by molar-refractivity contribution is -0.122. The number of alkyl halides is 1. The van der Waals surface area contributed by atoms with E-state index in [1.807, 2.05) is 37.3 Å². The molecule has 128 valence electrons. The van der Waals surface area contributed by atoms with Crippen molar-refractivity contribution < 1.29 is 17.9 Å². The number of nitrogens with one attached hydrogen (secondary N) is 1. The number of hydrogen-bond acceptors (Lipinski definition) is 3. The molecule has 0 aliphatic carbocycles. The van der Waals surface area contributed by atoms with E-state index < -0.39 is 29.9 Å². The maximum absolute atomic E-state index is 13.4. The quantitative estimate of drug-likeness (QED) is 0.779. The Morgan fingerprint density at radius 3 is 2.38 bits per heavy atom. The minimum absolute atomic E-state index is 0.198. The summed E-state index contributed by atoms with van der Waals surface area (Å²) in [5, 5.41) is 2.57. The first-order chi connectivity index (χ1) is 11.5. The summed E-state index contributed by atoms with van der Waals surface area (Å²) in [6, 6.07) is 14.1. The smallest absolute Gasteiger partial charge is 0.246 e. The highest BCUT2D eigenvalue weighted by atomic mass is 32.2. The molecule has 2 aromatic carbocycles. The lowest BCUT2D eigenvalue weighted by Crippen LogP contribution is -2.49. The zero-order valence-electron chi connectivity index (χ0n) is 13.1. The molecule has 5 nitrogen and oxygen atoms in total. The summed E-state index contributed by atoms with van der Waals surface area (Å²) in [5.74, 6) is -0.689. The van der Waals surface area contributed by atoms with E-state index >= 15 is 0 Å². The second-order valence-corrected chi connectivity index (χ2v) is 6.08. The Morgan fingerprint density at radius 1 is 1.21 bits per heavy atom. The minimum atomic E-state index is -2.78. The van der Waals surface area contributed by atoms with Crippen LogP contribution < -0.4 is 9.62 Å². The fourth-order valence-electron chi connectivity index (χ4n) is 2.20. The van der Waals surface area contributed by atoms with Crippen molar-refractivity contribution in [3.8, 4) is 0 Å². The number of halogens is 1. The number of nitrogens with zero attached hydrogens (tertiary/aromatic N) is 1. The fourth-order valence-corrected chi connectivity index (χ4v) is 2.86. The number of aryl methyl sites for hydroxylation is 1. The van der Waals surface area contributed by atoms with E-state index in [4.69, 9.17) is 0 Å². The van der Waals surface area contributed by atoms with Gasteiger partial charge in [-0.05, 0) is 24.6 Å². The van der Waals surface area contributed by atoms with Crippen LogP contribution >= 0.6 is 0 Å². The molecular weight excluding hydrogens is 331 g/mol. The molecule has 24 heavy (non-hydrogen) atoms. The van der Waals surface area contributed by atoms with Crippen LogP contribution in [-0.4, -0.2) is 27.4 Å². The molecule has 0 spiro atoms. The summed E-state index contributed by atoms with van der Waals surface area (Å²) in [7, 11) is 0. The number of amides is 1. The predicted molar refractivity (Wildman–Crippen MR) is 90.6 cm³/mol. The standard InChI is InChI=1S/C17H19FN2O3S/c1-13-7-9-15(10-8-13)20(24(22)23)16(11-18)17(21)19-12-14-5-3-2-4-6-14/h2-10,16H,11-12H2,1H3,(H,19,21)(H,22,23)/p-1. The van der Waals surface area contributed by atoms with E-state index in [-0.39, 0.29) is 12.2 Å². The Labute approximate surface area is 142 Å². The first kappa shape index (κ1) is 18.1. The van der Waals surface area contributed by atoms with Crippen LogP contribution in [0.3, 0.4) is 0 Å². The lowest BCUT2D eigenvalue weighted by Gasteiger charge is -2.32. The lowest BCUT2D eigenvalue weighted by atomic mass is 10.2. The van der Waals surface area contributed by atoms with E-state index in [1.165, 1.54) is 12.1 Å². The molecule has 1 amide bonds. The van der Waals surface area contributed by atoms with Gasteiger partial charge in [-0.1, -0.05) is 48.0 Å². The van der Waals surface area contributed by atoms with Gasteiger partial charge in [0.25, 0.3) is 0 Å². The van der Waals surface area contributed by atoms with Crippen LogP contribution in [0.5, 0.6) is 0 Å². The van der Waals surface area contributed by atoms with E-state index in [0.717, 1.165) is 15.4 Å². The van der Waals surface area contributed by atoms with E-state index in [1.54, 1.807) is 12.1 Å². The molecule has 0 heterocycles. The van der Waals surface area contributed by atoms with Crippen molar-refractivity contribution in [2.24, 2.45) is 0 Å². The van der Waals surface area contributed by atoms with Gasteiger partial charge in [-0.2, -0.15) is 0 Å². The second kappa shape index (κ2) is 8.56. The van der Waals surface area contributed by atoms with Crippen LogP contribution in [0, 0.1) is 6.92 Å². The number of rotatable bonds is 7. The van der Waals surface area contributed by atoms with Crippen LogP contribution in [0.15, 0.2) is 54.6 Å². The maximum atomic E-state index is 13.4. The highest BCUT2D eigenvalue weighted by Crippen LogP contribution is 2.20. The van der Waals surface area contributed by atoms with Crippen molar-refractivity contribution in [1.82, 2.24) is 5.32 Å². The predicted octanol–water partition coefficient (Wildman–Crippen LogP) is 2.25. The number of hydrogen-bond donors (Lipinski definition) is 1. The largest absolute Gasteiger partial charge is 0.755 e. The van der Waals surface area contributed by atoms with Gasteiger partial charge in [0, 0.05) is 23.5 Å². The normalized spacial score (nSPS) is 13.1. The Hall–Kier alpha value is -2.25. The van der Waals surface area contributed by atoms with Gasteiger partial charge in [0.15, 0.2) is 0 Å². The molecule has 0 saturated carbocycles. The average Bonchev–Trinajstić information content (AvgIpc) is 2.59. The van der Waals surface area contributed by atoms with Gasteiger partial charge in [0.05, 0.1) is 0 Å². The monoisotopic (exact) mass is 349 g/mol. The van der Waals surface area contributed by atoms with Crippen molar-refractivity contribution >= 4 is 22.9 Å². The number of benzene rings is 2. The molecule has 2 aromatic rings. The Bertz CT molecular complexity index is 695. The number of anilines is 1. The van der Waals surface area contributed by atoms with Crippen molar-refractivity contribution in [2.75, 3.05) is 11.0 Å². The number of carbonyl (C=O) groups excluding carboxylic acids is 1. The summed E-state index contributed by atoms with van der Waals surface area (Å²) < 4.78 is 37.3. The van der Waals surface area contributed by atoms with Gasteiger partial charge in [0.2, 0.25) is 5.91 Å². The van der Waals surface area contributed by atoms with Crippen LogP contribution in [0.1, 0.15) is 11.1 Å². The molecule has 0 saturated heterocycles. The van der Waals surface area contributed by atoms with Crippen LogP contribution in [0.2, 0.25) is 0 Å². The highest BCUT2D eigenvalue weighted by molar-refractivity contribution is 7.80. The topological polar surface area (TPSA) is 72.5 Å². The zero-order valence-corrected chi connectivity index (χ0v) is 14.0. The summed E-state index contributed by atoms with van der Waals surface area (Å²) in [5.41, 5.74) is 2.01. The van der Waals surface area contributed by atoms with Gasteiger partial charge in [0.1, 0.15) is 12.7 Å². The summed E-state index contributed by atoms with van der Waals surface area (Å²) in [6.45, 7) is 0.924. The van der Waals surface area contributed by atoms with Crippen molar-refractivity contribution in [3.63, 3.8) is 0 Å². The SMILES string of the molecule is Cc1ccc(N(C(CF)C(=O)NCc2ccccc2)S(=O)[O-])cc1.